The lowest BCUT2D eigenvalue weighted by molar-refractivity contribution is -0.139. The summed E-state index contributed by atoms with van der Waals surface area (Å²) in [6, 6.07) is 10.3. The third-order valence-corrected chi connectivity index (χ3v) is 3.99. The van der Waals surface area contributed by atoms with Crippen LogP contribution >= 0.6 is 0 Å². The van der Waals surface area contributed by atoms with Gasteiger partial charge < -0.3 is 14.4 Å². The fourth-order valence-corrected chi connectivity index (χ4v) is 2.60. The van der Waals surface area contributed by atoms with Crippen LogP contribution in [0, 0.1) is 0 Å². The van der Waals surface area contributed by atoms with Crippen molar-refractivity contribution in [2.24, 2.45) is 0 Å². The van der Waals surface area contributed by atoms with E-state index >= 15 is 0 Å². The molecule has 0 aromatic heterocycles. The van der Waals surface area contributed by atoms with Crippen LogP contribution < -0.4 is 9.47 Å². The molecule has 26 heavy (non-hydrogen) atoms. The molecule has 0 fully saturated rings. The van der Waals surface area contributed by atoms with Crippen molar-refractivity contribution in [1.82, 2.24) is 4.90 Å². The van der Waals surface area contributed by atoms with Crippen molar-refractivity contribution >= 4 is 5.91 Å². The molecule has 0 unspecified atom stereocenters. The molecule has 0 spiro atoms. The number of halogens is 3. The summed E-state index contributed by atoms with van der Waals surface area (Å²) in [5, 5.41) is 0. The molecule has 0 aliphatic heterocycles. The molecule has 0 aliphatic carbocycles. The molecule has 1 amide bonds. The van der Waals surface area contributed by atoms with E-state index in [2.05, 4.69) is 0 Å². The van der Waals surface area contributed by atoms with E-state index in [4.69, 9.17) is 9.47 Å². The monoisotopic (exact) mass is 367 g/mol. The molecule has 0 bridgehead atoms. The Morgan fingerprint density at radius 3 is 2.35 bits per heavy atom. The SMILES string of the molecule is COc1ccc(OC)c(CC(=O)N(C)Cc2ccccc2C(F)(F)F)c1. The van der Waals surface area contributed by atoms with Crippen LogP contribution in [0.3, 0.4) is 0 Å². The van der Waals surface area contributed by atoms with Crippen LogP contribution in [0.1, 0.15) is 16.7 Å². The first kappa shape index (κ1) is 19.6. The Balaban J connectivity index is 2.17. The van der Waals surface area contributed by atoms with Gasteiger partial charge >= 0.3 is 6.18 Å². The van der Waals surface area contributed by atoms with Crippen LogP contribution in [0.4, 0.5) is 13.2 Å². The summed E-state index contributed by atoms with van der Waals surface area (Å²) >= 11 is 0. The van der Waals surface area contributed by atoms with E-state index in [0.717, 1.165) is 6.07 Å². The number of carbonyl (C=O) groups excluding carboxylic acids is 1. The number of rotatable bonds is 6. The number of ether oxygens (including phenoxy) is 2. The van der Waals surface area contributed by atoms with E-state index in [9.17, 15) is 18.0 Å². The molecule has 0 heterocycles. The Kier molecular flexibility index (Phi) is 6.13. The standard InChI is InChI=1S/C19H20F3NO3/c1-23(12-13-6-4-5-7-16(13)19(20,21)22)18(24)11-14-10-15(25-2)8-9-17(14)26-3/h4-10H,11-12H2,1-3H3. The van der Waals surface area contributed by atoms with E-state index in [0.29, 0.717) is 17.1 Å². The van der Waals surface area contributed by atoms with Gasteiger partial charge in [-0.2, -0.15) is 13.2 Å². The molecule has 140 valence electrons. The molecule has 0 saturated heterocycles. The van der Waals surface area contributed by atoms with Gasteiger partial charge in [0.15, 0.2) is 0 Å². The summed E-state index contributed by atoms with van der Waals surface area (Å²) in [6.45, 7) is -0.138. The molecule has 0 saturated carbocycles. The maximum absolute atomic E-state index is 13.1. The average molecular weight is 367 g/mol. The lowest BCUT2D eigenvalue weighted by atomic mass is 10.1. The van der Waals surface area contributed by atoms with Crippen molar-refractivity contribution < 1.29 is 27.4 Å². The Morgan fingerprint density at radius 2 is 1.73 bits per heavy atom. The molecular formula is C19H20F3NO3. The largest absolute Gasteiger partial charge is 0.497 e. The minimum absolute atomic E-state index is 0.00887. The van der Waals surface area contributed by atoms with E-state index in [1.807, 2.05) is 0 Å². The van der Waals surface area contributed by atoms with Crippen LogP contribution in [0.5, 0.6) is 11.5 Å². The van der Waals surface area contributed by atoms with E-state index in [1.165, 1.54) is 44.4 Å². The molecule has 0 N–H and O–H groups in total. The number of alkyl halides is 3. The predicted molar refractivity (Wildman–Crippen MR) is 91.2 cm³/mol. The Bertz CT molecular complexity index is 775. The third-order valence-electron chi connectivity index (χ3n) is 3.99. The molecule has 2 rings (SSSR count). The Morgan fingerprint density at radius 1 is 1.04 bits per heavy atom. The van der Waals surface area contributed by atoms with Gasteiger partial charge in [-0.05, 0) is 29.8 Å². The van der Waals surface area contributed by atoms with Crippen LogP contribution in [0.15, 0.2) is 42.5 Å². The molecule has 7 heteroatoms. The summed E-state index contributed by atoms with van der Waals surface area (Å²) in [5.74, 6) is 0.760. The van der Waals surface area contributed by atoms with Gasteiger partial charge in [-0.1, -0.05) is 18.2 Å². The second-order valence-electron chi connectivity index (χ2n) is 5.76. The minimum atomic E-state index is -4.46. The highest BCUT2D eigenvalue weighted by molar-refractivity contribution is 5.79. The summed E-state index contributed by atoms with van der Waals surface area (Å²) in [7, 11) is 4.47. The second kappa shape index (κ2) is 8.12. The number of methoxy groups -OCH3 is 2. The molecule has 2 aromatic carbocycles. The van der Waals surface area contributed by atoms with Gasteiger partial charge in [0.25, 0.3) is 0 Å². The van der Waals surface area contributed by atoms with Gasteiger partial charge in [-0.25, -0.2) is 0 Å². The number of benzene rings is 2. The summed E-state index contributed by atoms with van der Waals surface area (Å²) in [6.07, 6.45) is -4.47. The van der Waals surface area contributed by atoms with Crippen molar-refractivity contribution in [3.05, 3.63) is 59.2 Å². The van der Waals surface area contributed by atoms with Crippen molar-refractivity contribution in [3.63, 3.8) is 0 Å². The normalized spacial score (nSPS) is 11.2. The fourth-order valence-electron chi connectivity index (χ4n) is 2.60. The number of hydrogen-bond acceptors (Lipinski definition) is 3. The summed E-state index contributed by atoms with van der Waals surface area (Å²) < 4.78 is 49.7. The van der Waals surface area contributed by atoms with Crippen LogP contribution in [0.2, 0.25) is 0 Å². The molecule has 0 atom stereocenters. The van der Waals surface area contributed by atoms with Gasteiger partial charge in [-0.3, -0.25) is 4.79 Å². The number of nitrogens with zero attached hydrogens (tertiary/aromatic N) is 1. The predicted octanol–water partition coefficient (Wildman–Crippen LogP) is 3.92. The molecule has 2 aromatic rings. The quantitative estimate of drug-likeness (QED) is 0.777. The maximum atomic E-state index is 13.1. The van der Waals surface area contributed by atoms with Crippen molar-refractivity contribution in [2.75, 3.05) is 21.3 Å². The number of amides is 1. The average Bonchev–Trinajstić information content (AvgIpc) is 2.61. The van der Waals surface area contributed by atoms with Gasteiger partial charge in [-0.15, -0.1) is 0 Å². The number of carbonyl (C=O) groups is 1. The molecule has 0 aliphatic rings. The van der Waals surface area contributed by atoms with E-state index in [1.54, 1.807) is 18.2 Å². The van der Waals surface area contributed by atoms with Crippen molar-refractivity contribution in [2.45, 2.75) is 19.1 Å². The topological polar surface area (TPSA) is 38.8 Å². The summed E-state index contributed by atoms with van der Waals surface area (Å²) in [5.41, 5.74) is -0.0834. The molecular weight excluding hydrogens is 347 g/mol. The summed E-state index contributed by atoms with van der Waals surface area (Å²) in [4.78, 5) is 13.8. The Labute approximate surface area is 150 Å². The fraction of sp³-hybridized carbons (Fsp3) is 0.316. The van der Waals surface area contributed by atoms with Crippen LogP contribution in [-0.4, -0.2) is 32.1 Å². The van der Waals surface area contributed by atoms with E-state index in [-0.39, 0.29) is 24.4 Å². The van der Waals surface area contributed by atoms with Gasteiger partial charge in [0.05, 0.1) is 26.2 Å². The zero-order chi connectivity index (χ0) is 19.3. The van der Waals surface area contributed by atoms with E-state index < -0.39 is 11.7 Å². The lowest BCUT2D eigenvalue weighted by Gasteiger charge is -2.21. The zero-order valence-corrected chi connectivity index (χ0v) is 14.8. The zero-order valence-electron chi connectivity index (χ0n) is 14.8. The van der Waals surface area contributed by atoms with Crippen molar-refractivity contribution in [1.29, 1.82) is 0 Å². The van der Waals surface area contributed by atoms with Gasteiger partial charge in [0, 0.05) is 19.2 Å². The first-order valence-electron chi connectivity index (χ1n) is 7.86. The smallest absolute Gasteiger partial charge is 0.416 e. The van der Waals surface area contributed by atoms with Crippen molar-refractivity contribution in [3.8, 4) is 11.5 Å². The third kappa shape index (κ3) is 4.68. The highest BCUT2D eigenvalue weighted by atomic mass is 19.4. The highest BCUT2D eigenvalue weighted by Crippen LogP contribution is 2.32. The first-order chi connectivity index (χ1) is 12.3. The van der Waals surface area contributed by atoms with Crippen LogP contribution in [-0.2, 0) is 23.9 Å². The Hall–Kier alpha value is -2.70. The first-order valence-corrected chi connectivity index (χ1v) is 7.86. The minimum Gasteiger partial charge on any atom is -0.497 e. The number of hydrogen-bond donors (Lipinski definition) is 0. The maximum Gasteiger partial charge on any atom is 0.416 e. The van der Waals surface area contributed by atoms with Gasteiger partial charge in [0.1, 0.15) is 11.5 Å². The number of likely N-dealkylation sites (N-methyl/N-ethyl adjacent to an activating group) is 1. The molecule has 0 radical (unpaired) electrons. The second-order valence-corrected chi connectivity index (χ2v) is 5.76. The lowest BCUT2D eigenvalue weighted by Crippen LogP contribution is -2.29. The van der Waals surface area contributed by atoms with Crippen LogP contribution in [0.25, 0.3) is 0 Å². The molecule has 4 nitrogen and oxygen atoms in total. The highest BCUT2D eigenvalue weighted by Gasteiger charge is 2.33. The van der Waals surface area contributed by atoms with Gasteiger partial charge in [0.2, 0.25) is 5.91 Å².